The molecule has 1 amide bonds. The summed E-state index contributed by atoms with van der Waals surface area (Å²) in [6, 6.07) is 14.6. The summed E-state index contributed by atoms with van der Waals surface area (Å²) >= 11 is 0. The molecule has 0 aliphatic carbocycles. The van der Waals surface area contributed by atoms with E-state index in [4.69, 9.17) is 4.74 Å². The molecule has 0 heterocycles. The molecular weight excluding hydrogens is 364 g/mol. The van der Waals surface area contributed by atoms with Crippen molar-refractivity contribution in [1.82, 2.24) is 0 Å². The highest BCUT2D eigenvalue weighted by atomic mass is 32.2. The van der Waals surface area contributed by atoms with Crippen molar-refractivity contribution in [2.45, 2.75) is 19.4 Å². The summed E-state index contributed by atoms with van der Waals surface area (Å²) in [5, 5.41) is 2.78. The van der Waals surface area contributed by atoms with Gasteiger partial charge in [-0.25, -0.2) is 8.42 Å². The Hall–Kier alpha value is -2.80. The Balaban J connectivity index is 2.21. The Bertz CT molecular complexity index is 865. The number of hydrogen-bond donors (Lipinski definition) is 1. The Morgan fingerprint density at radius 2 is 1.81 bits per heavy atom. The summed E-state index contributed by atoms with van der Waals surface area (Å²) in [6.45, 7) is 5.76. The van der Waals surface area contributed by atoms with Gasteiger partial charge in [0.05, 0.1) is 11.9 Å². The van der Waals surface area contributed by atoms with Crippen molar-refractivity contribution in [2.75, 3.05) is 22.5 Å². The SMILES string of the molecule is C=CCOc1ccc(NC(=O)[C@@H](CC)N(c2ccccc2)S(C)(=O)=O)cc1. The zero-order valence-electron chi connectivity index (χ0n) is 15.5. The molecule has 7 heteroatoms. The number of hydrogen-bond acceptors (Lipinski definition) is 4. The standard InChI is InChI=1S/C20H24N2O4S/c1-4-15-26-18-13-11-16(12-14-18)21-20(23)19(5-2)22(27(3,24)25)17-9-7-6-8-10-17/h4,6-14,19H,1,5,15H2,2-3H3,(H,21,23)/t19-/m1/s1. The maximum Gasteiger partial charge on any atom is 0.248 e. The molecule has 0 aromatic heterocycles. The van der Waals surface area contributed by atoms with E-state index in [-0.39, 0.29) is 0 Å². The summed E-state index contributed by atoms with van der Waals surface area (Å²) < 4.78 is 31.3. The molecule has 0 saturated heterocycles. The molecule has 1 atom stereocenters. The second-order valence-corrected chi connectivity index (χ2v) is 7.79. The number of carbonyl (C=O) groups excluding carboxylic acids is 1. The van der Waals surface area contributed by atoms with E-state index < -0.39 is 22.0 Å². The topological polar surface area (TPSA) is 75.7 Å². The van der Waals surface area contributed by atoms with Crippen LogP contribution in [-0.4, -0.2) is 33.2 Å². The van der Waals surface area contributed by atoms with Gasteiger partial charge in [0.25, 0.3) is 0 Å². The number of benzene rings is 2. The second kappa shape index (κ2) is 9.23. The minimum Gasteiger partial charge on any atom is -0.490 e. The van der Waals surface area contributed by atoms with Crippen LogP contribution in [0.3, 0.4) is 0 Å². The molecule has 0 spiro atoms. The predicted octanol–water partition coefficient (Wildman–Crippen LogP) is 3.43. The smallest absolute Gasteiger partial charge is 0.248 e. The molecule has 0 fully saturated rings. The van der Waals surface area contributed by atoms with Crippen LogP contribution in [0.1, 0.15) is 13.3 Å². The van der Waals surface area contributed by atoms with Crippen LogP contribution in [0.25, 0.3) is 0 Å². The normalized spacial score (nSPS) is 12.1. The van der Waals surface area contributed by atoms with Gasteiger partial charge in [0.1, 0.15) is 18.4 Å². The lowest BCUT2D eigenvalue weighted by Gasteiger charge is -2.30. The molecule has 6 nitrogen and oxygen atoms in total. The lowest BCUT2D eigenvalue weighted by atomic mass is 10.2. The Kier molecular flexibility index (Phi) is 7.01. The number of nitrogens with one attached hydrogen (secondary N) is 1. The van der Waals surface area contributed by atoms with Crippen molar-refractivity contribution >= 4 is 27.3 Å². The molecule has 1 N–H and O–H groups in total. The minimum absolute atomic E-state index is 0.328. The second-order valence-electron chi connectivity index (χ2n) is 5.93. The third-order valence-electron chi connectivity index (χ3n) is 3.83. The Labute approximate surface area is 160 Å². The van der Waals surface area contributed by atoms with Crippen molar-refractivity contribution in [3.05, 3.63) is 67.3 Å². The molecule has 2 rings (SSSR count). The maximum atomic E-state index is 12.8. The molecule has 2 aromatic rings. The molecule has 0 aliphatic heterocycles. The molecule has 0 bridgehead atoms. The van der Waals surface area contributed by atoms with Crippen molar-refractivity contribution in [2.24, 2.45) is 0 Å². The quantitative estimate of drug-likeness (QED) is 0.668. The number of rotatable bonds is 9. The van der Waals surface area contributed by atoms with Gasteiger partial charge in [-0.15, -0.1) is 0 Å². The van der Waals surface area contributed by atoms with Crippen LogP contribution in [0.5, 0.6) is 5.75 Å². The van der Waals surface area contributed by atoms with Gasteiger partial charge in [-0.3, -0.25) is 9.10 Å². The molecule has 0 unspecified atom stereocenters. The maximum absolute atomic E-state index is 12.8. The number of sulfonamides is 1. The fourth-order valence-corrected chi connectivity index (χ4v) is 3.86. The van der Waals surface area contributed by atoms with Gasteiger partial charge in [-0.05, 0) is 42.8 Å². The van der Waals surface area contributed by atoms with Crippen molar-refractivity contribution < 1.29 is 17.9 Å². The van der Waals surface area contributed by atoms with Crippen LogP contribution in [0.2, 0.25) is 0 Å². The van der Waals surface area contributed by atoms with Crippen molar-refractivity contribution in [3.8, 4) is 5.75 Å². The zero-order valence-corrected chi connectivity index (χ0v) is 16.3. The summed E-state index contributed by atoms with van der Waals surface area (Å²) in [7, 11) is -3.64. The summed E-state index contributed by atoms with van der Waals surface area (Å²) in [5.74, 6) is 0.258. The Morgan fingerprint density at radius 3 is 2.33 bits per heavy atom. The number of ether oxygens (including phenoxy) is 1. The van der Waals surface area contributed by atoms with E-state index in [1.165, 1.54) is 0 Å². The van der Waals surface area contributed by atoms with E-state index in [1.54, 1.807) is 67.6 Å². The molecule has 144 valence electrons. The zero-order chi connectivity index (χ0) is 19.9. The van der Waals surface area contributed by atoms with Crippen LogP contribution in [-0.2, 0) is 14.8 Å². The minimum atomic E-state index is -3.64. The summed E-state index contributed by atoms with van der Waals surface area (Å²) in [5.41, 5.74) is 1.01. The van der Waals surface area contributed by atoms with Crippen LogP contribution in [0, 0.1) is 0 Å². The highest BCUT2D eigenvalue weighted by Gasteiger charge is 2.31. The van der Waals surface area contributed by atoms with Crippen LogP contribution < -0.4 is 14.4 Å². The summed E-state index contributed by atoms with van der Waals surface area (Å²) in [4.78, 5) is 12.8. The number of para-hydroxylation sites is 1. The van der Waals surface area contributed by atoms with Gasteiger partial charge in [-0.1, -0.05) is 37.8 Å². The van der Waals surface area contributed by atoms with Gasteiger partial charge in [-0.2, -0.15) is 0 Å². The van der Waals surface area contributed by atoms with Crippen LogP contribution in [0.15, 0.2) is 67.3 Å². The number of nitrogens with zero attached hydrogens (tertiary/aromatic N) is 1. The van der Waals surface area contributed by atoms with Crippen LogP contribution in [0.4, 0.5) is 11.4 Å². The number of amides is 1. The lowest BCUT2D eigenvalue weighted by molar-refractivity contribution is -0.117. The highest BCUT2D eigenvalue weighted by molar-refractivity contribution is 7.92. The van der Waals surface area contributed by atoms with Gasteiger partial charge in [0, 0.05) is 5.69 Å². The molecule has 0 aliphatic rings. The van der Waals surface area contributed by atoms with E-state index in [2.05, 4.69) is 11.9 Å². The largest absolute Gasteiger partial charge is 0.490 e. The fourth-order valence-electron chi connectivity index (χ4n) is 2.65. The molecule has 27 heavy (non-hydrogen) atoms. The van der Waals surface area contributed by atoms with Gasteiger partial charge >= 0.3 is 0 Å². The first-order valence-electron chi connectivity index (χ1n) is 8.56. The third-order valence-corrected chi connectivity index (χ3v) is 5.01. The fraction of sp³-hybridized carbons (Fsp3) is 0.250. The molecule has 0 saturated carbocycles. The van der Waals surface area contributed by atoms with E-state index in [0.29, 0.717) is 30.2 Å². The van der Waals surface area contributed by atoms with Gasteiger partial charge < -0.3 is 10.1 Å². The van der Waals surface area contributed by atoms with Gasteiger partial charge in [0.15, 0.2) is 0 Å². The highest BCUT2D eigenvalue weighted by Crippen LogP contribution is 2.23. The molecule has 0 radical (unpaired) electrons. The summed E-state index contributed by atoms with van der Waals surface area (Å²) in [6.07, 6.45) is 3.07. The van der Waals surface area contributed by atoms with Crippen LogP contribution >= 0.6 is 0 Å². The van der Waals surface area contributed by atoms with E-state index in [1.807, 2.05) is 0 Å². The number of carbonyl (C=O) groups is 1. The van der Waals surface area contributed by atoms with Gasteiger partial charge in [0.2, 0.25) is 15.9 Å². The average Bonchev–Trinajstić information content (AvgIpc) is 2.65. The van der Waals surface area contributed by atoms with E-state index in [9.17, 15) is 13.2 Å². The monoisotopic (exact) mass is 388 g/mol. The van der Waals surface area contributed by atoms with E-state index in [0.717, 1.165) is 10.6 Å². The predicted molar refractivity (Wildman–Crippen MR) is 109 cm³/mol. The van der Waals surface area contributed by atoms with Crippen molar-refractivity contribution in [1.29, 1.82) is 0 Å². The van der Waals surface area contributed by atoms with Crippen molar-refractivity contribution in [3.63, 3.8) is 0 Å². The molecule has 2 aromatic carbocycles. The lowest BCUT2D eigenvalue weighted by Crippen LogP contribution is -2.46. The first kappa shape index (κ1) is 20.5. The first-order chi connectivity index (χ1) is 12.9. The number of anilines is 2. The average molecular weight is 388 g/mol. The Morgan fingerprint density at radius 1 is 1.19 bits per heavy atom. The first-order valence-corrected chi connectivity index (χ1v) is 10.4. The van der Waals surface area contributed by atoms with E-state index >= 15 is 0 Å². The molecular formula is C20H24N2O4S. The third kappa shape index (κ3) is 5.59.